The Balaban J connectivity index is 1.89. The van der Waals surface area contributed by atoms with Gasteiger partial charge < -0.3 is 10.1 Å². The van der Waals surface area contributed by atoms with Gasteiger partial charge in [0.05, 0.1) is 0 Å². The standard InChI is InChI=1S/C15H24BrNOS/c1-19-12-5-3-2-4-9-17-10-11-18-15-8-6-7-14(16)13-15/h6-8,13,17H,2-5,9-12H2,1H3. The van der Waals surface area contributed by atoms with Gasteiger partial charge in [-0.25, -0.2) is 0 Å². The van der Waals surface area contributed by atoms with Crippen molar-refractivity contribution in [2.45, 2.75) is 25.7 Å². The Labute approximate surface area is 129 Å². The lowest BCUT2D eigenvalue weighted by atomic mass is 10.2. The second-order valence-electron chi connectivity index (χ2n) is 4.46. The van der Waals surface area contributed by atoms with Gasteiger partial charge in [0.25, 0.3) is 0 Å². The van der Waals surface area contributed by atoms with Gasteiger partial charge >= 0.3 is 0 Å². The van der Waals surface area contributed by atoms with Crippen LogP contribution in [0, 0.1) is 0 Å². The molecule has 0 amide bonds. The molecular formula is C15H24BrNOS. The lowest BCUT2D eigenvalue weighted by Gasteiger charge is -2.07. The zero-order valence-electron chi connectivity index (χ0n) is 11.7. The first-order valence-electron chi connectivity index (χ1n) is 6.91. The second kappa shape index (κ2) is 11.6. The summed E-state index contributed by atoms with van der Waals surface area (Å²) in [5.41, 5.74) is 0. The normalized spacial score (nSPS) is 10.6. The van der Waals surface area contributed by atoms with Gasteiger partial charge in [0.2, 0.25) is 0 Å². The molecule has 0 radical (unpaired) electrons. The van der Waals surface area contributed by atoms with E-state index < -0.39 is 0 Å². The Morgan fingerprint density at radius 1 is 1.16 bits per heavy atom. The summed E-state index contributed by atoms with van der Waals surface area (Å²) in [4.78, 5) is 0. The lowest BCUT2D eigenvalue weighted by Crippen LogP contribution is -2.22. The zero-order valence-corrected chi connectivity index (χ0v) is 14.1. The topological polar surface area (TPSA) is 21.3 Å². The molecular weight excluding hydrogens is 322 g/mol. The molecule has 0 aliphatic heterocycles. The van der Waals surface area contributed by atoms with E-state index in [9.17, 15) is 0 Å². The fourth-order valence-electron chi connectivity index (χ4n) is 1.77. The van der Waals surface area contributed by atoms with Crippen LogP contribution in [0.25, 0.3) is 0 Å². The monoisotopic (exact) mass is 345 g/mol. The van der Waals surface area contributed by atoms with E-state index in [4.69, 9.17) is 4.74 Å². The van der Waals surface area contributed by atoms with Gasteiger partial charge in [-0.2, -0.15) is 11.8 Å². The quantitative estimate of drug-likeness (QED) is 0.602. The van der Waals surface area contributed by atoms with Gasteiger partial charge in [0, 0.05) is 11.0 Å². The molecule has 0 bridgehead atoms. The Bertz CT molecular complexity index is 336. The number of hydrogen-bond donors (Lipinski definition) is 1. The van der Waals surface area contributed by atoms with Gasteiger partial charge in [-0.05, 0) is 49.6 Å². The maximum Gasteiger partial charge on any atom is 0.120 e. The molecule has 0 aliphatic carbocycles. The van der Waals surface area contributed by atoms with E-state index in [1.807, 2.05) is 36.0 Å². The summed E-state index contributed by atoms with van der Waals surface area (Å²) in [6, 6.07) is 7.96. The fraction of sp³-hybridized carbons (Fsp3) is 0.600. The molecule has 1 aromatic rings. The minimum Gasteiger partial charge on any atom is -0.492 e. The van der Waals surface area contributed by atoms with E-state index in [1.54, 1.807) is 0 Å². The van der Waals surface area contributed by atoms with Crippen molar-refractivity contribution in [2.24, 2.45) is 0 Å². The van der Waals surface area contributed by atoms with Crippen LogP contribution in [0.3, 0.4) is 0 Å². The van der Waals surface area contributed by atoms with Gasteiger partial charge in [-0.15, -0.1) is 0 Å². The van der Waals surface area contributed by atoms with Crippen molar-refractivity contribution in [3.8, 4) is 5.75 Å². The fourth-order valence-corrected chi connectivity index (χ4v) is 2.64. The van der Waals surface area contributed by atoms with E-state index >= 15 is 0 Å². The number of nitrogens with one attached hydrogen (secondary N) is 1. The first-order chi connectivity index (χ1) is 9.33. The molecule has 0 heterocycles. The Hall–Kier alpha value is -0.190. The lowest BCUT2D eigenvalue weighted by molar-refractivity contribution is 0.313. The summed E-state index contributed by atoms with van der Waals surface area (Å²) in [5, 5.41) is 3.42. The van der Waals surface area contributed by atoms with Crippen LogP contribution in [0.4, 0.5) is 0 Å². The van der Waals surface area contributed by atoms with Gasteiger partial charge in [0.1, 0.15) is 12.4 Å². The molecule has 4 heteroatoms. The summed E-state index contributed by atoms with van der Waals surface area (Å²) < 4.78 is 6.71. The van der Waals surface area contributed by atoms with Crippen molar-refractivity contribution in [2.75, 3.05) is 31.7 Å². The van der Waals surface area contributed by atoms with Crippen LogP contribution in [0.2, 0.25) is 0 Å². The number of rotatable bonds is 11. The highest BCUT2D eigenvalue weighted by Crippen LogP contribution is 2.17. The maximum atomic E-state index is 5.65. The van der Waals surface area contributed by atoms with Crippen molar-refractivity contribution in [3.05, 3.63) is 28.7 Å². The second-order valence-corrected chi connectivity index (χ2v) is 6.36. The molecule has 0 unspecified atom stereocenters. The molecule has 1 rings (SSSR count). The highest BCUT2D eigenvalue weighted by atomic mass is 79.9. The van der Waals surface area contributed by atoms with Gasteiger partial charge in [0.15, 0.2) is 0 Å². The van der Waals surface area contributed by atoms with Crippen molar-refractivity contribution in [1.29, 1.82) is 0 Å². The highest BCUT2D eigenvalue weighted by Gasteiger charge is 1.94. The van der Waals surface area contributed by atoms with Crippen LogP contribution in [-0.2, 0) is 0 Å². The van der Waals surface area contributed by atoms with Crippen molar-refractivity contribution in [3.63, 3.8) is 0 Å². The van der Waals surface area contributed by atoms with Crippen molar-refractivity contribution >= 4 is 27.7 Å². The third-order valence-corrected chi connectivity index (χ3v) is 3.99. The Morgan fingerprint density at radius 2 is 2.00 bits per heavy atom. The molecule has 0 saturated heterocycles. The van der Waals surface area contributed by atoms with Gasteiger partial charge in [-0.1, -0.05) is 34.8 Å². The number of thioether (sulfide) groups is 1. The Kier molecular flexibility index (Phi) is 10.3. The average molecular weight is 346 g/mol. The smallest absolute Gasteiger partial charge is 0.120 e. The van der Waals surface area contributed by atoms with Crippen LogP contribution in [-0.4, -0.2) is 31.7 Å². The number of ether oxygens (including phenoxy) is 1. The molecule has 108 valence electrons. The predicted octanol–water partition coefficient (Wildman–Crippen LogP) is 4.34. The molecule has 0 aromatic heterocycles. The molecule has 1 N–H and O–H groups in total. The first kappa shape index (κ1) is 16.9. The minimum atomic E-state index is 0.725. The molecule has 19 heavy (non-hydrogen) atoms. The molecule has 0 atom stereocenters. The van der Waals surface area contributed by atoms with E-state index in [-0.39, 0.29) is 0 Å². The summed E-state index contributed by atoms with van der Waals surface area (Å²) >= 11 is 5.37. The van der Waals surface area contributed by atoms with E-state index in [0.717, 1.165) is 29.9 Å². The van der Waals surface area contributed by atoms with Crippen LogP contribution in [0.5, 0.6) is 5.75 Å². The third kappa shape index (κ3) is 9.36. The minimum absolute atomic E-state index is 0.725. The van der Waals surface area contributed by atoms with Crippen LogP contribution >= 0.6 is 27.7 Å². The van der Waals surface area contributed by atoms with Crippen molar-refractivity contribution < 1.29 is 4.74 Å². The summed E-state index contributed by atoms with van der Waals surface area (Å²) in [6.45, 7) is 2.74. The van der Waals surface area contributed by atoms with E-state index in [2.05, 4.69) is 27.5 Å². The maximum absolute atomic E-state index is 5.65. The van der Waals surface area contributed by atoms with Crippen LogP contribution < -0.4 is 10.1 Å². The molecule has 0 spiro atoms. The molecule has 0 saturated carbocycles. The van der Waals surface area contributed by atoms with E-state index in [1.165, 1.54) is 31.4 Å². The molecule has 0 fully saturated rings. The number of halogens is 1. The van der Waals surface area contributed by atoms with E-state index in [0.29, 0.717) is 0 Å². The number of benzene rings is 1. The highest BCUT2D eigenvalue weighted by molar-refractivity contribution is 9.10. The summed E-state index contributed by atoms with van der Waals surface area (Å²) in [6.07, 6.45) is 7.49. The predicted molar refractivity (Wildman–Crippen MR) is 89.4 cm³/mol. The van der Waals surface area contributed by atoms with Crippen LogP contribution in [0.15, 0.2) is 28.7 Å². The zero-order chi connectivity index (χ0) is 13.8. The molecule has 2 nitrogen and oxygen atoms in total. The van der Waals surface area contributed by atoms with Crippen LogP contribution in [0.1, 0.15) is 25.7 Å². The number of hydrogen-bond acceptors (Lipinski definition) is 3. The summed E-state index contributed by atoms with van der Waals surface area (Å²) in [5.74, 6) is 2.22. The SMILES string of the molecule is CSCCCCCCNCCOc1cccc(Br)c1. The molecule has 0 aliphatic rings. The number of unbranched alkanes of at least 4 members (excludes halogenated alkanes) is 3. The third-order valence-electron chi connectivity index (χ3n) is 2.80. The Morgan fingerprint density at radius 3 is 2.79 bits per heavy atom. The largest absolute Gasteiger partial charge is 0.492 e. The van der Waals surface area contributed by atoms with Gasteiger partial charge in [-0.3, -0.25) is 0 Å². The molecule has 1 aromatic carbocycles. The summed E-state index contributed by atoms with van der Waals surface area (Å²) in [7, 11) is 0. The average Bonchev–Trinajstić information content (AvgIpc) is 2.41. The van der Waals surface area contributed by atoms with Crippen molar-refractivity contribution in [1.82, 2.24) is 5.32 Å². The first-order valence-corrected chi connectivity index (χ1v) is 9.09.